The predicted molar refractivity (Wildman–Crippen MR) is 111 cm³/mol. The first-order valence-corrected chi connectivity index (χ1v) is 11.1. The quantitative estimate of drug-likeness (QED) is 0.535. The normalized spacial score (nSPS) is 16.7. The molecule has 7 nitrogen and oxygen atoms in total. The fraction of sp³-hybridized carbons (Fsp3) is 0.263. The van der Waals surface area contributed by atoms with Crippen LogP contribution in [0.25, 0.3) is 10.9 Å². The van der Waals surface area contributed by atoms with E-state index in [0.717, 1.165) is 16.6 Å². The third-order valence-electron chi connectivity index (χ3n) is 5.27. The minimum Gasteiger partial charge on any atom is -0.383 e. The van der Waals surface area contributed by atoms with Gasteiger partial charge in [-0.25, -0.2) is 14.5 Å². The Hall–Kier alpha value is -2.54. The van der Waals surface area contributed by atoms with Gasteiger partial charge in [-0.1, -0.05) is 11.6 Å². The van der Waals surface area contributed by atoms with Gasteiger partial charge < -0.3 is 5.32 Å². The van der Waals surface area contributed by atoms with Crippen LogP contribution in [0.1, 0.15) is 11.4 Å². The number of hydrogen-bond donors (Lipinski definition) is 2. The first-order valence-electron chi connectivity index (χ1n) is 9.19. The summed E-state index contributed by atoms with van der Waals surface area (Å²) in [6.45, 7) is -0.151. The molecule has 2 aromatic heterocycles. The van der Waals surface area contributed by atoms with Crippen molar-refractivity contribution in [2.75, 3.05) is 25.0 Å². The van der Waals surface area contributed by atoms with Gasteiger partial charge in [0.05, 0.1) is 22.8 Å². The van der Waals surface area contributed by atoms with E-state index in [0.29, 0.717) is 16.1 Å². The number of halogens is 5. The molecule has 0 bridgehead atoms. The van der Waals surface area contributed by atoms with Crippen LogP contribution in [0.2, 0.25) is 5.02 Å². The topological polar surface area (TPSA) is 101 Å². The van der Waals surface area contributed by atoms with Crippen molar-refractivity contribution in [3.8, 4) is 0 Å². The predicted octanol–water partition coefficient (Wildman–Crippen LogP) is 3.31. The Labute approximate surface area is 185 Å². The first kappa shape index (κ1) is 22.6. The summed E-state index contributed by atoms with van der Waals surface area (Å²) in [5, 5.41) is 8.80. The fourth-order valence-electron chi connectivity index (χ4n) is 3.62. The Bertz CT molecular complexity index is 1280. The lowest BCUT2D eigenvalue weighted by Gasteiger charge is -2.48. The van der Waals surface area contributed by atoms with Gasteiger partial charge in [-0.2, -0.15) is 25.9 Å². The number of nitrogens with two attached hydrogens (primary N) is 1. The molecule has 3 aromatic rings. The molecule has 0 unspecified atom stereocenters. The van der Waals surface area contributed by atoms with E-state index in [1.807, 2.05) is 0 Å². The molecule has 0 atom stereocenters. The summed E-state index contributed by atoms with van der Waals surface area (Å²) < 4.78 is 77.8. The maximum atomic E-state index is 13.4. The molecular weight excluding hydrogens is 474 g/mol. The average molecular weight is 490 g/mol. The smallest absolute Gasteiger partial charge is 0.383 e. The lowest BCUT2D eigenvalue weighted by molar-refractivity contribution is -0.140. The number of hydrogen-bond acceptors (Lipinski definition) is 5. The minimum absolute atomic E-state index is 0.000572. The number of pyridine rings is 2. The van der Waals surface area contributed by atoms with Gasteiger partial charge in [-0.3, -0.25) is 4.98 Å². The average Bonchev–Trinajstić information content (AvgIpc) is 2.66. The standard InChI is InChI=1S/C19H16ClF4N5O2S/c20-11-1-3-14-13(5-11)15(6-17(28-14)19(22,23)24)27-8-18(9-29(10-18)32(25,30)31)16-4-2-12(21)7-26-16/h1-7H,8-10H2,(H,27,28)(H2,25,30,31). The van der Waals surface area contributed by atoms with Crippen LogP contribution in [-0.2, 0) is 21.8 Å². The zero-order valence-corrected chi connectivity index (χ0v) is 17.8. The lowest BCUT2D eigenvalue weighted by Crippen LogP contribution is -2.65. The van der Waals surface area contributed by atoms with Crippen molar-refractivity contribution in [3.63, 3.8) is 0 Å². The molecular formula is C19H16ClF4N5O2S. The van der Waals surface area contributed by atoms with Crippen LogP contribution < -0.4 is 10.5 Å². The Morgan fingerprint density at radius 3 is 2.50 bits per heavy atom. The molecule has 13 heteroatoms. The van der Waals surface area contributed by atoms with Crippen LogP contribution in [-0.4, -0.2) is 42.3 Å². The van der Waals surface area contributed by atoms with Crippen molar-refractivity contribution < 1.29 is 26.0 Å². The van der Waals surface area contributed by atoms with Crippen molar-refractivity contribution in [2.24, 2.45) is 5.14 Å². The van der Waals surface area contributed by atoms with Crippen LogP contribution in [0.5, 0.6) is 0 Å². The molecule has 1 aliphatic heterocycles. The SMILES string of the molecule is NS(=O)(=O)N1CC(CNc2cc(C(F)(F)F)nc3ccc(Cl)cc23)(c2ccc(F)cn2)C1. The Morgan fingerprint density at radius 1 is 1.19 bits per heavy atom. The summed E-state index contributed by atoms with van der Waals surface area (Å²) >= 11 is 6.02. The van der Waals surface area contributed by atoms with E-state index in [-0.39, 0.29) is 30.8 Å². The maximum absolute atomic E-state index is 13.4. The van der Waals surface area contributed by atoms with Crippen molar-refractivity contribution in [1.82, 2.24) is 14.3 Å². The maximum Gasteiger partial charge on any atom is 0.433 e. The zero-order valence-electron chi connectivity index (χ0n) is 16.2. The molecule has 0 saturated carbocycles. The van der Waals surface area contributed by atoms with Gasteiger partial charge in [0, 0.05) is 35.7 Å². The number of alkyl halides is 3. The largest absolute Gasteiger partial charge is 0.433 e. The van der Waals surface area contributed by atoms with Crippen molar-refractivity contribution in [1.29, 1.82) is 0 Å². The second kappa shape index (κ2) is 7.80. The Morgan fingerprint density at radius 2 is 1.91 bits per heavy atom. The minimum atomic E-state index is -4.68. The van der Waals surface area contributed by atoms with E-state index in [4.69, 9.17) is 16.7 Å². The van der Waals surface area contributed by atoms with Crippen molar-refractivity contribution >= 4 is 38.4 Å². The number of anilines is 1. The van der Waals surface area contributed by atoms with Crippen LogP contribution in [0.3, 0.4) is 0 Å². The third kappa shape index (κ3) is 4.35. The highest BCUT2D eigenvalue weighted by Gasteiger charge is 2.49. The number of rotatable bonds is 5. The summed E-state index contributed by atoms with van der Waals surface area (Å²) in [4.78, 5) is 7.70. The van der Waals surface area contributed by atoms with E-state index in [2.05, 4.69) is 15.3 Å². The first-order chi connectivity index (χ1) is 14.9. The molecule has 0 spiro atoms. The highest BCUT2D eigenvalue weighted by atomic mass is 35.5. The van der Waals surface area contributed by atoms with Crippen molar-refractivity contribution in [2.45, 2.75) is 11.6 Å². The van der Waals surface area contributed by atoms with E-state index >= 15 is 0 Å². The van der Waals surface area contributed by atoms with Crippen LogP contribution in [0.4, 0.5) is 23.2 Å². The Kier molecular flexibility index (Phi) is 5.52. The molecule has 1 saturated heterocycles. The van der Waals surface area contributed by atoms with Gasteiger partial charge in [-0.15, -0.1) is 0 Å². The number of nitrogens with one attached hydrogen (secondary N) is 1. The summed E-state index contributed by atoms with van der Waals surface area (Å²) in [7, 11) is -3.98. The van der Waals surface area contributed by atoms with E-state index < -0.39 is 33.3 Å². The van der Waals surface area contributed by atoms with Gasteiger partial charge in [0.15, 0.2) is 0 Å². The second-order valence-corrected chi connectivity index (χ2v) is 9.51. The summed E-state index contributed by atoms with van der Waals surface area (Å²) in [5.41, 5.74) is -1.46. The molecule has 32 heavy (non-hydrogen) atoms. The molecule has 1 aromatic carbocycles. The molecule has 170 valence electrons. The lowest BCUT2D eigenvalue weighted by atomic mass is 9.78. The van der Waals surface area contributed by atoms with Crippen LogP contribution in [0, 0.1) is 5.82 Å². The molecule has 1 aliphatic rings. The van der Waals surface area contributed by atoms with Gasteiger partial charge in [0.2, 0.25) is 0 Å². The van der Waals surface area contributed by atoms with Gasteiger partial charge in [-0.05, 0) is 36.4 Å². The molecule has 0 radical (unpaired) electrons. The van der Waals surface area contributed by atoms with Crippen LogP contribution >= 0.6 is 11.6 Å². The summed E-state index contributed by atoms with van der Waals surface area (Å²) in [6.07, 6.45) is -3.69. The number of benzene rings is 1. The molecule has 3 heterocycles. The van der Waals surface area contributed by atoms with E-state index in [9.17, 15) is 26.0 Å². The molecule has 4 rings (SSSR count). The third-order valence-corrected chi connectivity index (χ3v) is 6.48. The zero-order chi connectivity index (χ0) is 23.3. The highest BCUT2D eigenvalue weighted by molar-refractivity contribution is 7.86. The summed E-state index contributed by atoms with van der Waals surface area (Å²) in [5.74, 6) is -0.580. The van der Waals surface area contributed by atoms with Gasteiger partial charge in [0.1, 0.15) is 11.5 Å². The van der Waals surface area contributed by atoms with Crippen LogP contribution in [0.15, 0.2) is 42.6 Å². The molecule has 3 N–H and O–H groups in total. The number of nitrogens with zero attached hydrogens (tertiary/aromatic N) is 3. The summed E-state index contributed by atoms with van der Waals surface area (Å²) in [6, 6.07) is 7.72. The number of fused-ring (bicyclic) bond motifs is 1. The van der Waals surface area contributed by atoms with Crippen molar-refractivity contribution in [3.05, 3.63) is 64.8 Å². The highest BCUT2D eigenvalue weighted by Crippen LogP contribution is 2.38. The van der Waals surface area contributed by atoms with Gasteiger partial charge in [0.25, 0.3) is 10.2 Å². The monoisotopic (exact) mass is 489 g/mol. The fourth-order valence-corrected chi connectivity index (χ4v) is 4.64. The van der Waals surface area contributed by atoms with E-state index in [1.54, 1.807) is 0 Å². The van der Waals surface area contributed by atoms with E-state index in [1.165, 1.54) is 30.3 Å². The van der Waals surface area contributed by atoms with Gasteiger partial charge >= 0.3 is 6.18 Å². The Balaban J connectivity index is 1.72. The molecule has 0 amide bonds. The second-order valence-electron chi connectivity index (χ2n) is 7.52. The number of aromatic nitrogens is 2. The molecule has 0 aliphatic carbocycles. The molecule has 1 fully saturated rings.